The molecule has 102 valence electrons. The van der Waals surface area contributed by atoms with Gasteiger partial charge in [0.15, 0.2) is 0 Å². The highest BCUT2D eigenvalue weighted by Crippen LogP contribution is 2.25. The van der Waals surface area contributed by atoms with E-state index in [-0.39, 0.29) is 10.3 Å². The van der Waals surface area contributed by atoms with E-state index in [1.807, 2.05) is 27.7 Å². The summed E-state index contributed by atoms with van der Waals surface area (Å²) in [5.74, 6) is 0. The smallest absolute Gasteiger partial charge is 0.244 e. The minimum Gasteiger partial charge on any atom is -0.398 e. The fourth-order valence-electron chi connectivity index (χ4n) is 1.82. The van der Waals surface area contributed by atoms with Crippen molar-refractivity contribution in [2.45, 2.75) is 32.6 Å². The average Bonchev–Trinajstić information content (AvgIpc) is 2.13. The van der Waals surface area contributed by atoms with Gasteiger partial charge in [0.25, 0.3) is 0 Å². The second-order valence-electron chi connectivity index (χ2n) is 5.86. The molecule has 1 aromatic rings. The van der Waals surface area contributed by atoms with Gasteiger partial charge in [-0.3, -0.25) is 0 Å². The third-order valence-corrected chi connectivity index (χ3v) is 4.43. The molecular weight excluding hydrogens is 248 g/mol. The van der Waals surface area contributed by atoms with Crippen LogP contribution in [0.3, 0.4) is 0 Å². The van der Waals surface area contributed by atoms with Crippen LogP contribution in [-0.2, 0) is 10.0 Å². The fourth-order valence-corrected chi connectivity index (χ4v) is 3.31. The quantitative estimate of drug-likeness (QED) is 0.857. The Hall–Kier alpha value is -1.07. The van der Waals surface area contributed by atoms with Crippen molar-refractivity contribution >= 4 is 15.7 Å². The molecule has 0 spiro atoms. The zero-order valence-electron chi connectivity index (χ0n) is 11.7. The number of sulfonamides is 1. The predicted molar refractivity (Wildman–Crippen MR) is 74.9 cm³/mol. The van der Waals surface area contributed by atoms with Gasteiger partial charge >= 0.3 is 0 Å². The molecule has 0 bridgehead atoms. The molecule has 0 saturated carbocycles. The summed E-state index contributed by atoms with van der Waals surface area (Å²) in [7, 11) is -1.93. The van der Waals surface area contributed by atoms with Crippen LogP contribution in [0.1, 0.15) is 26.3 Å². The van der Waals surface area contributed by atoms with Crippen LogP contribution in [0.4, 0.5) is 5.69 Å². The van der Waals surface area contributed by atoms with Crippen molar-refractivity contribution in [2.75, 3.05) is 19.3 Å². The summed E-state index contributed by atoms with van der Waals surface area (Å²) < 4.78 is 26.1. The number of nitrogens with zero attached hydrogens (tertiary/aromatic N) is 1. The predicted octanol–water partition coefficient (Wildman–Crippen LogP) is 2.24. The van der Waals surface area contributed by atoms with Gasteiger partial charge in [-0.2, -0.15) is 0 Å². The third-order valence-electron chi connectivity index (χ3n) is 2.55. The Morgan fingerprint density at radius 2 is 1.83 bits per heavy atom. The number of nitrogens with two attached hydrogens (primary N) is 1. The van der Waals surface area contributed by atoms with E-state index in [0.29, 0.717) is 12.2 Å². The Bertz CT molecular complexity index is 530. The molecule has 0 aliphatic heterocycles. The molecule has 1 aromatic carbocycles. The van der Waals surface area contributed by atoms with Crippen LogP contribution in [0, 0.1) is 12.3 Å². The van der Waals surface area contributed by atoms with E-state index in [4.69, 9.17) is 5.73 Å². The average molecular weight is 270 g/mol. The molecule has 5 heteroatoms. The first-order chi connectivity index (χ1) is 8.04. The first kappa shape index (κ1) is 15.0. The topological polar surface area (TPSA) is 63.4 Å². The van der Waals surface area contributed by atoms with Crippen molar-refractivity contribution in [1.82, 2.24) is 4.31 Å². The maximum Gasteiger partial charge on any atom is 0.244 e. The maximum absolute atomic E-state index is 12.4. The Morgan fingerprint density at radius 1 is 1.28 bits per heavy atom. The molecule has 0 aliphatic rings. The minimum absolute atomic E-state index is 0.0960. The number of rotatable bonds is 3. The molecule has 4 nitrogen and oxygen atoms in total. The maximum atomic E-state index is 12.4. The number of aryl methyl sites for hydroxylation is 1. The summed E-state index contributed by atoms with van der Waals surface area (Å²) in [6.07, 6.45) is 0. The van der Waals surface area contributed by atoms with Gasteiger partial charge in [-0.05, 0) is 30.0 Å². The van der Waals surface area contributed by atoms with Gasteiger partial charge in [-0.15, -0.1) is 0 Å². The van der Waals surface area contributed by atoms with E-state index in [2.05, 4.69) is 0 Å². The Labute approximate surface area is 110 Å². The number of hydrogen-bond donors (Lipinski definition) is 1. The minimum atomic E-state index is -3.51. The molecular formula is C13H22N2O2S. The SMILES string of the molecule is Cc1ccc(S(=O)(=O)N(C)CC(C)(C)C)c(N)c1. The van der Waals surface area contributed by atoms with Crippen LogP contribution in [0.25, 0.3) is 0 Å². The highest BCUT2D eigenvalue weighted by Gasteiger charge is 2.26. The zero-order valence-corrected chi connectivity index (χ0v) is 12.5. The van der Waals surface area contributed by atoms with Crippen molar-refractivity contribution in [3.05, 3.63) is 23.8 Å². The van der Waals surface area contributed by atoms with E-state index >= 15 is 0 Å². The van der Waals surface area contributed by atoms with Crippen LogP contribution in [0.15, 0.2) is 23.1 Å². The summed E-state index contributed by atoms with van der Waals surface area (Å²) in [6.45, 7) is 8.32. The fraction of sp³-hybridized carbons (Fsp3) is 0.538. The normalized spacial score (nSPS) is 13.0. The lowest BCUT2D eigenvalue weighted by Crippen LogP contribution is -2.34. The lowest BCUT2D eigenvalue weighted by Gasteiger charge is -2.26. The standard InChI is InChI=1S/C13H22N2O2S/c1-10-6-7-12(11(14)8-10)18(16,17)15(5)9-13(2,3)4/h6-8H,9,14H2,1-5H3. The largest absolute Gasteiger partial charge is 0.398 e. The summed E-state index contributed by atoms with van der Waals surface area (Å²) in [4.78, 5) is 0.180. The van der Waals surface area contributed by atoms with Gasteiger partial charge in [0, 0.05) is 13.6 Å². The van der Waals surface area contributed by atoms with Gasteiger partial charge in [0.2, 0.25) is 10.0 Å². The molecule has 1 rings (SSSR count). The number of hydrogen-bond acceptors (Lipinski definition) is 3. The first-order valence-corrected chi connectivity index (χ1v) is 7.30. The van der Waals surface area contributed by atoms with Crippen LogP contribution < -0.4 is 5.73 Å². The van der Waals surface area contributed by atoms with E-state index < -0.39 is 10.0 Å². The van der Waals surface area contributed by atoms with E-state index in [9.17, 15) is 8.42 Å². The Kier molecular flexibility index (Phi) is 4.08. The third kappa shape index (κ3) is 3.46. The summed E-state index contributed by atoms with van der Waals surface area (Å²) >= 11 is 0. The molecule has 0 aliphatic carbocycles. The highest BCUT2D eigenvalue weighted by atomic mass is 32.2. The molecule has 0 fully saturated rings. The van der Waals surface area contributed by atoms with Crippen molar-refractivity contribution in [3.63, 3.8) is 0 Å². The zero-order chi connectivity index (χ0) is 14.1. The summed E-state index contributed by atoms with van der Waals surface area (Å²) in [5.41, 5.74) is 6.96. The van der Waals surface area contributed by atoms with Gasteiger partial charge in [0.1, 0.15) is 4.90 Å². The highest BCUT2D eigenvalue weighted by molar-refractivity contribution is 7.89. The van der Waals surface area contributed by atoms with Crippen molar-refractivity contribution in [2.24, 2.45) is 5.41 Å². The summed E-state index contributed by atoms with van der Waals surface area (Å²) in [5, 5.41) is 0. The first-order valence-electron chi connectivity index (χ1n) is 5.86. The molecule has 0 amide bonds. The van der Waals surface area contributed by atoms with Crippen molar-refractivity contribution < 1.29 is 8.42 Å². The monoisotopic (exact) mass is 270 g/mol. The number of benzene rings is 1. The van der Waals surface area contributed by atoms with E-state index in [1.54, 1.807) is 25.2 Å². The second-order valence-corrected chi connectivity index (χ2v) is 7.88. The molecule has 0 saturated heterocycles. The van der Waals surface area contributed by atoms with Gasteiger partial charge in [-0.1, -0.05) is 26.8 Å². The van der Waals surface area contributed by atoms with Crippen LogP contribution in [0.2, 0.25) is 0 Å². The molecule has 0 heterocycles. The van der Waals surface area contributed by atoms with Gasteiger partial charge in [0.05, 0.1) is 5.69 Å². The molecule has 0 aromatic heterocycles. The lowest BCUT2D eigenvalue weighted by atomic mass is 9.97. The molecule has 2 N–H and O–H groups in total. The Morgan fingerprint density at radius 3 is 2.28 bits per heavy atom. The van der Waals surface area contributed by atoms with Crippen molar-refractivity contribution in [1.29, 1.82) is 0 Å². The van der Waals surface area contributed by atoms with Crippen LogP contribution >= 0.6 is 0 Å². The number of nitrogen functional groups attached to an aromatic ring is 1. The summed E-state index contributed by atoms with van der Waals surface area (Å²) in [6, 6.07) is 5.01. The molecule has 0 unspecified atom stereocenters. The number of anilines is 1. The molecule has 0 radical (unpaired) electrons. The van der Waals surface area contributed by atoms with E-state index in [0.717, 1.165) is 5.56 Å². The van der Waals surface area contributed by atoms with Crippen LogP contribution in [-0.4, -0.2) is 26.3 Å². The second kappa shape index (κ2) is 4.90. The van der Waals surface area contributed by atoms with E-state index in [1.165, 1.54) is 4.31 Å². The van der Waals surface area contributed by atoms with Crippen LogP contribution in [0.5, 0.6) is 0 Å². The molecule has 18 heavy (non-hydrogen) atoms. The molecule has 0 atom stereocenters. The Balaban J connectivity index is 3.14. The van der Waals surface area contributed by atoms with Crippen molar-refractivity contribution in [3.8, 4) is 0 Å². The lowest BCUT2D eigenvalue weighted by molar-refractivity contribution is 0.311. The van der Waals surface area contributed by atoms with Gasteiger partial charge < -0.3 is 5.73 Å². The van der Waals surface area contributed by atoms with Gasteiger partial charge in [-0.25, -0.2) is 12.7 Å².